The van der Waals surface area contributed by atoms with Crippen LogP contribution in [0, 0.1) is 11.3 Å². The van der Waals surface area contributed by atoms with Gasteiger partial charge in [-0.2, -0.15) is 10.4 Å². The second kappa shape index (κ2) is 11.4. The van der Waals surface area contributed by atoms with Crippen LogP contribution in [0.5, 0.6) is 11.5 Å². The Morgan fingerprint density at radius 2 is 1.82 bits per heavy atom. The largest absolute Gasteiger partial charge is 0.496 e. The number of nitriles is 1. The minimum atomic E-state index is -0.543. The quantitative estimate of drug-likeness (QED) is 0.236. The summed E-state index contributed by atoms with van der Waals surface area (Å²) in [6.07, 6.45) is 1.60. The van der Waals surface area contributed by atoms with Crippen LogP contribution in [-0.4, -0.2) is 23.3 Å². The molecule has 0 amide bonds. The number of aromatic nitrogens is 2. The molecule has 1 aromatic heterocycles. The van der Waals surface area contributed by atoms with Gasteiger partial charge in [0, 0.05) is 11.1 Å². The van der Waals surface area contributed by atoms with E-state index in [2.05, 4.69) is 53.4 Å². The molecule has 0 spiro atoms. The normalized spacial score (nSPS) is 11.2. The van der Waals surface area contributed by atoms with E-state index in [1.165, 1.54) is 5.56 Å². The standard InChI is InChI=1S/C30H29N5O3/c1-30(2,3)23-11-13-24(14-12-23)38-19-22-16-20(10-15-26(22)37-4)18-32-35-29-33-27(21-8-6-5-7-9-21)25(17-31)28(36)34-29/h5-16,18H,19H2,1-4H3,(H2,33,34,35,36). The van der Waals surface area contributed by atoms with E-state index in [4.69, 9.17) is 9.47 Å². The highest BCUT2D eigenvalue weighted by molar-refractivity contribution is 5.81. The van der Waals surface area contributed by atoms with Gasteiger partial charge in [-0.1, -0.05) is 63.2 Å². The van der Waals surface area contributed by atoms with Crippen molar-refractivity contribution in [1.82, 2.24) is 9.97 Å². The molecule has 0 saturated heterocycles. The van der Waals surface area contributed by atoms with Gasteiger partial charge in [-0.25, -0.2) is 10.4 Å². The van der Waals surface area contributed by atoms with E-state index < -0.39 is 5.56 Å². The Morgan fingerprint density at radius 3 is 2.47 bits per heavy atom. The zero-order valence-electron chi connectivity index (χ0n) is 21.8. The molecule has 192 valence electrons. The number of hydrazone groups is 1. The van der Waals surface area contributed by atoms with E-state index in [1.54, 1.807) is 25.5 Å². The van der Waals surface area contributed by atoms with Crippen molar-refractivity contribution in [1.29, 1.82) is 5.26 Å². The van der Waals surface area contributed by atoms with E-state index in [0.29, 0.717) is 17.9 Å². The number of anilines is 1. The summed E-state index contributed by atoms with van der Waals surface area (Å²) in [4.78, 5) is 19.4. The number of H-pyrrole nitrogens is 1. The van der Waals surface area contributed by atoms with Crippen LogP contribution in [-0.2, 0) is 12.0 Å². The Bertz CT molecular complexity index is 1530. The summed E-state index contributed by atoms with van der Waals surface area (Å²) < 4.78 is 11.5. The zero-order valence-corrected chi connectivity index (χ0v) is 21.8. The molecule has 3 aromatic carbocycles. The second-order valence-electron chi connectivity index (χ2n) is 9.62. The molecule has 0 aliphatic rings. The third-order valence-electron chi connectivity index (χ3n) is 5.88. The van der Waals surface area contributed by atoms with Gasteiger partial charge in [0.05, 0.1) is 19.0 Å². The lowest BCUT2D eigenvalue weighted by Crippen LogP contribution is -2.16. The van der Waals surface area contributed by atoms with Gasteiger partial charge in [0.1, 0.15) is 29.7 Å². The van der Waals surface area contributed by atoms with Crippen molar-refractivity contribution in [2.45, 2.75) is 32.8 Å². The first-order valence-corrected chi connectivity index (χ1v) is 12.1. The van der Waals surface area contributed by atoms with Crippen molar-refractivity contribution in [3.8, 4) is 28.8 Å². The predicted molar refractivity (Wildman–Crippen MR) is 149 cm³/mol. The van der Waals surface area contributed by atoms with Crippen LogP contribution in [0.1, 0.15) is 43.0 Å². The number of nitrogens with one attached hydrogen (secondary N) is 2. The number of methoxy groups -OCH3 is 1. The Labute approximate surface area is 221 Å². The Balaban J connectivity index is 1.49. The molecule has 0 fully saturated rings. The Kier molecular flexibility index (Phi) is 7.88. The van der Waals surface area contributed by atoms with E-state index in [9.17, 15) is 10.1 Å². The average molecular weight is 508 g/mol. The van der Waals surface area contributed by atoms with Crippen LogP contribution in [0.15, 0.2) is 82.7 Å². The molecule has 4 rings (SSSR count). The van der Waals surface area contributed by atoms with Crippen molar-refractivity contribution < 1.29 is 9.47 Å². The van der Waals surface area contributed by atoms with E-state index in [0.717, 1.165) is 16.9 Å². The number of nitrogens with zero attached hydrogens (tertiary/aromatic N) is 3. The van der Waals surface area contributed by atoms with Crippen LogP contribution in [0.25, 0.3) is 11.3 Å². The van der Waals surface area contributed by atoms with Gasteiger partial charge in [-0.05, 0) is 46.9 Å². The Morgan fingerprint density at radius 1 is 1.08 bits per heavy atom. The van der Waals surface area contributed by atoms with Gasteiger partial charge in [0.2, 0.25) is 5.95 Å². The van der Waals surface area contributed by atoms with E-state index in [-0.39, 0.29) is 22.6 Å². The van der Waals surface area contributed by atoms with Crippen LogP contribution in [0.2, 0.25) is 0 Å². The van der Waals surface area contributed by atoms with Crippen LogP contribution in [0.3, 0.4) is 0 Å². The summed E-state index contributed by atoms with van der Waals surface area (Å²) in [5.74, 6) is 1.60. The summed E-state index contributed by atoms with van der Waals surface area (Å²) in [6, 6.07) is 24.7. The van der Waals surface area contributed by atoms with Gasteiger partial charge in [0.25, 0.3) is 5.56 Å². The predicted octanol–water partition coefficient (Wildman–Crippen LogP) is 5.64. The summed E-state index contributed by atoms with van der Waals surface area (Å²) in [7, 11) is 1.61. The van der Waals surface area contributed by atoms with Crippen molar-refractivity contribution in [3.63, 3.8) is 0 Å². The van der Waals surface area contributed by atoms with Crippen molar-refractivity contribution in [2.75, 3.05) is 12.5 Å². The molecular weight excluding hydrogens is 478 g/mol. The first-order valence-electron chi connectivity index (χ1n) is 12.1. The number of aromatic amines is 1. The lowest BCUT2D eigenvalue weighted by molar-refractivity contribution is 0.296. The smallest absolute Gasteiger partial charge is 0.270 e. The molecule has 0 unspecified atom stereocenters. The molecule has 4 aromatic rings. The molecule has 8 nitrogen and oxygen atoms in total. The van der Waals surface area contributed by atoms with Gasteiger partial charge in [-0.15, -0.1) is 0 Å². The first kappa shape index (κ1) is 26.2. The fourth-order valence-corrected chi connectivity index (χ4v) is 3.81. The molecule has 0 aliphatic heterocycles. The van der Waals surface area contributed by atoms with Crippen LogP contribution >= 0.6 is 0 Å². The molecule has 2 N–H and O–H groups in total. The van der Waals surface area contributed by atoms with Crippen molar-refractivity contribution >= 4 is 12.2 Å². The summed E-state index contributed by atoms with van der Waals surface area (Å²) in [5, 5.41) is 13.6. The SMILES string of the molecule is COc1ccc(C=NNc2nc(-c3ccccc3)c(C#N)c(=O)[nH]2)cc1COc1ccc(C(C)(C)C)cc1. The maximum Gasteiger partial charge on any atom is 0.270 e. The summed E-state index contributed by atoms with van der Waals surface area (Å²) in [6.45, 7) is 6.84. The first-order chi connectivity index (χ1) is 18.3. The molecule has 0 radical (unpaired) electrons. The number of hydrogen-bond donors (Lipinski definition) is 2. The fourth-order valence-electron chi connectivity index (χ4n) is 3.81. The average Bonchev–Trinajstić information content (AvgIpc) is 2.92. The fraction of sp³-hybridized carbons (Fsp3) is 0.200. The highest BCUT2D eigenvalue weighted by Gasteiger charge is 2.14. The number of ether oxygens (including phenoxy) is 2. The monoisotopic (exact) mass is 507 g/mol. The van der Waals surface area contributed by atoms with Gasteiger partial charge in [-0.3, -0.25) is 9.78 Å². The van der Waals surface area contributed by atoms with E-state index in [1.807, 2.05) is 54.6 Å². The molecule has 8 heteroatoms. The number of benzene rings is 3. The van der Waals surface area contributed by atoms with Crippen LogP contribution in [0.4, 0.5) is 5.95 Å². The minimum absolute atomic E-state index is 0.0569. The van der Waals surface area contributed by atoms with Crippen molar-refractivity contribution in [3.05, 3.63) is 105 Å². The number of rotatable bonds is 8. The molecular formula is C30H29N5O3. The second-order valence-corrected chi connectivity index (χ2v) is 9.62. The van der Waals surface area contributed by atoms with Gasteiger partial charge < -0.3 is 9.47 Å². The minimum Gasteiger partial charge on any atom is -0.496 e. The molecule has 0 atom stereocenters. The third-order valence-corrected chi connectivity index (χ3v) is 5.88. The topological polar surface area (TPSA) is 112 Å². The lowest BCUT2D eigenvalue weighted by Gasteiger charge is -2.19. The van der Waals surface area contributed by atoms with Gasteiger partial charge >= 0.3 is 0 Å². The van der Waals surface area contributed by atoms with Crippen LogP contribution < -0.4 is 20.5 Å². The Hall–Kier alpha value is -4.90. The number of hydrogen-bond acceptors (Lipinski definition) is 7. The van der Waals surface area contributed by atoms with E-state index >= 15 is 0 Å². The van der Waals surface area contributed by atoms with Gasteiger partial charge in [0.15, 0.2) is 0 Å². The molecule has 38 heavy (non-hydrogen) atoms. The molecule has 0 bridgehead atoms. The lowest BCUT2D eigenvalue weighted by atomic mass is 9.87. The molecule has 0 saturated carbocycles. The third kappa shape index (κ3) is 6.26. The zero-order chi connectivity index (χ0) is 27.1. The molecule has 1 heterocycles. The van der Waals surface area contributed by atoms with Crippen molar-refractivity contribution in [2.24, 2.45) is 5.10 Å². The maximum absolute atomic E-state index is 12.4. The molecule has 0 aliphatic carbocycles. The summed E-state index contributed by atoms with van der Waals surface area (Å²) >= 11 is 0. The highest BCUT2D eigenvalue weighted by atomic mass is 16.5. The highest BCUT2D eigenvalue weighted by Crippen LogP contribution is 2.26. The maximum atomic E-state index is 12.4. The summed E-state index contributed by atoms with van der Waals surface area (Å²) in [5.41, 5.74) is 6.06.